The fourth-order valence-corrected chi connectivity index (χ4v) is 3.37. The molecule has 0 aromatic heterocycles. The summed E-state index contributed by atoms with van der Waals surface area (Å²) < 4.78 is 0. The number of hydrogen-bond acceptors (Lipinski definition) is 2. The van der Waals surface area contributed by atoms with Gasteiger partial charge in [0.15, 0.2) is 0 Å². The van der Waals surface area contributed by atoms with E-state index in [1.165, 1.54) is 0 Å². The Labute approximate surface area is 88.3 Å². The first-order valence-electron chi connectivity index (χ1n) is 5.57. The quantitative estimate of drug-likeness (QED) is 0.729. The average Bonchev–Trinajstić information content (AvgIpc) is 2.48. The Morgan fingerprint density at radius 2 is 1.20 bits per heavy atom. The van der Waals surface area contributed by atoms with Crippen LogP contribution in [0.15, 0.2) is 0 Å². The second-order valence-corrected chi connectivity index (χ2v) is 4.76. The van der Waals surface area contributed by atoms with Crippen LogP contribution in [0.1, 0.15) is 32.1 Å². The maximum absolute atomic E-state index is 11.1. The largest absolute Gasteiger partial charge is 0.481 e. The minimum Gasteiger partial charge on any atom is -0.481 e. The molecule has 2 N–H and O–H groups in total. The summed E-state index contributed by atoms with van der Waals surface area (Å²) in [5.74, 6) is -2.96. The van der Waals surface area contributed by atoms with Crippen LogP contribution in [0.4, 0.5) is 0 Å². The molecule has 4 nitrogen and oxygen atoms in total. The third-order valence-electron chi connectivity index (χ3n) is 4.03. The Balaban J connectivity index is 2.31. The summed E-state index contributed by atoms with van der Waals surface area (Å²) >= 11 is 0. The van der Waals surface area contributed by atoms with Crippen molar-refractivity contribution >= 4 is 11.9 Å². The first-order chi connectivity index (χ1) is 7.11. The molecule has 3 aliphatic carbocycles. The van der Waals surface area contributed by atoms with Crippen molar-refractivity contribution in [2.24, 2.45) is 23.7 Å². The zero-order chi connectivity index (χ0) is 11.0. The number of carboxylic acids is 2. The van der Waals surface area contributed by atoms with Gasteiger partial charge < -0.3 is 10.2 Å². The second-order valence-electron chi connectivity index (χ2n) is 4.76. The van der Waals surface area contributed by atoms with Crippen LogP contribution in [0.3, 0.4) is 0 Å². The van der Waals surface area contributed by atoms with Crippen molar-refractivity contribution in [1.29, 1.82) is 0 Å². The highest BCUT2D eigenvalue weighted by molar-refractivity contribution is 5.80. The van der Waals surface area contributed by atoms with Crippen molar-refractivity contribution < 1.29 is 19.8 Å². The molecular weight excluding hydrogens is 196 g/mol. The van der Waals surface area contributed by atoms with E-state index in [-0.39, 0.29) is 11.8 Å². The molecule has 0 radical (unpaired) electrons. The summed E-state index contributed by atoms with van der Waals surface area (Å²) in [5, 5.41) is 18.3. The zero-order valence-electron chi connectivity index (χ0n) is 8.56. The first kappa shape index (κ1) is 10.5. The average molecular weight is 212 g/mol. The van der Waals surface area contributed by atoms with E-state index < -0.39 is 23.8 Å². The third-order valence-corrected chi connectivity index (χ3v) is 4.03. The maximum atomic E-state index is 11.1. The molecule has 84 valence electrons. The molecule has 0 unspecified atom stereocenters. The van der Waals surface area contributed by atoms with Gasteiger partial charge in [-0.05, 0) is 37.5 Å². The van der Waals surface area contributed by atoms with Crippen LogP contribution in [0.25, 0.3) is 0 Å². The predicted octanol–water partition coefficient (Wildman–Crippen LogP) is 1.60. The molecule has 4 atom stereocenters. The van der Waals surface area contributed by atoms with Crippen molar-refractivity contribution in [3.05, 3.63) is 0 Å². The van der Waals surface area contributed by atoms with Crippen molar-refractivity contribution in [1.82, 2.24) is 0 Å². The normalized spacial score (nSPS) is 39.7. The van der Waals surface area contributed by atoms with E-state index in [1.807, 2.05) is 0 Å². The van der Waals surface area contributed by atoms with Gasteiger partial charge in [-0.3, -0.25) is 9.59 Å². The van der Waals surface area contributed by atoms with E-state index in [4.69, 9.17) is 10.2 Å². The van der Waals surface area contributed by atoms with Gasteiger partial charge in [-0.2, -0.15) is 0 Å². The van der Waals surface area contributed by atoms with Crippen LogP contribution >= 0.6 is 0 Å². The zero-order valence-corrected chi connectivity index (χ0v) is 8.56. The molecule has 0 aromatic rings. The van der Waals surface area contributed by atoms with Crippen LogP contribution in [-0.2, 0) is 9.59 Å². The molecule has 3 saturated carbocycles. The highest BCUT2D eigenvalue weighted by atomic mass is 16.4. The topological polar surface area (TPSA) is 74.6 Å². The molecule has 3 fully saturated rings. The van der Waals surface area contributed by atoms with E-state index in [1.54, 1.807) is 0 Å². The summed E-state index contributed by atoms with van der Waals surface area (Å²) in [6.07, 6.45) is 4.55. The van der Waals surface area contributed by atoms with E-state index in [0.717, 1.165) is 32.1 Å². The molecular formula is C11H16O4. The van der Waals surface area contributed by atoms with Crippen molar-refractivity contribution in [3.8, 4) is 0 Å². The lowest BCUT2D eigenvalue weighted by atomic mass is 9.68. The van der Waals surface area contributed by atoms with Gasteiger partial charge in [0.2, 0.25) is 0 Å². The Bertz CT molecular complexity index is 254. The van der Waals surface area contributed by atoms with Crippen LogP contribution in [0.2, 0.25) is 0 Å². The number of carbonyl (C=O) groups is 2. The minimum atomic E-state index is -0.918. The van der Waals surface area contributed by atoms with Crippen molar-refractivity contribution in [2.75, 3.05) is 0 Å². The van der Waals surface area contributed by atoms with Gasteiger partial charge in [-0.25, -0.2) is 0 Å². The Hall–Kier alpha value is -1.06. The van der Waals surface area contributed by atoms with Crippen LogP contribution in [0, 0.1) is 23.7 Å². The highest BCUT2D eigenvalue weighted by Crippen LogP contribution is 2.46. The number of fused-ring (bicyclic) bond motifs is 4. The fraction of sp³-hybridized carbons (Fsp3) is 0.818. The van der Waals surface area contributed by atoms with Gasteiger partial charge in [0.25, 0.3) is 0 Å². The van der Waals surface area contributed by atoms with Crippen LogP contribution in [-0.4, -0.2) is 22.2 Å². The smallest absolute Gasteiger partial charge is 0.307 e. The lowest BCUT2D eigenvalue weighted by Crippen LogP contribution is -2.41. The number of carboxylic acid groups (broad SMARTS) is 2. The number of aliphatic carboxylic acids is 2. The van der Waals surface area contributed by atoms with Gasteiger partial charge in [-0.1, -0.05) is 6.42 Å². The summed E-state index contributed by atoms with van der Waals surface area (Å²) in [7, 11) is 0. The number of hydrogen-bond donors (Lipinski definition) is 2. The van der Waals surface area contributed by atoms with E-state index in [2.05, 4.69) is 0 Å². The third kappa shape index (κ3) is 1.73. The van der Waals surface area contributed by atoms with Crippen molar-refractivity contribution in [3.63, 3.8) is 0 Å². The lowest BCUT2D eigenvalue weighted by molar-refractivity contribution is -0.160. The van der Waals surface area contributed by atoms with Crippen LogP contribution in [0.5, 0.6) is 0 Å². The Kier molecular flexibility index (Phi) is 2.67. The molecule has 0 saturated heterocycles. The second kappa shape index (κ2) is 3.83. The summed E-state index contributed by atoms with van der Waals surface area (Å²) in [4.78, 5) is 22.3. The van der Waals surface area contributed by atoms with E-state index in [9.17, 15) is 9.59 Å². The molecule has 3 aliphatic rings. The summed E-state index contributed by atoms with van der Waals surface area (Å²) in [6, 6.07) is 0. The summed E-state index contributed by atoms with van der Waals surface area (Å²) in [5.41, 5.74) is 0. The SMILES string of the molecule is O=C(O)[C@H]1[C@@H]2CCC[C@H](CC2)[C@@H]1C(=O)O. The molecule has 4 heteroatoms. The first-order valence-corrected chi connectivity index (χ1v) is 5.57. The van der Waals surface area contributed by atoms with Gasteiger partial charge in [0.1, 0.15) is 0 Å². The molecule has 0 aliphatic heterocycles. The Morgan fingerprint density at radius 1 is 0.800 bits per heavy atom. The molecule has 2 bridgehead atoms. The van der Waals surface area contributed by atoms with E-state index >= 15 is 0 Å². The van der Waals surface area contributed by atoms with Gasteiger partial charge in [0.05, 0.1) is 11.8 Å². The monoisotopic (exact) mass is 212 g/mol. The van der Waals surface area contributed by atoms with Crippen LogP contribution < -0.4 is 0 Å². The van der Waals surface area contributed by atoms with Crippen molar-refractivity contribution in [2.45, 2.75) is 32.1 Å². The highest BCUT2D eigenvalue weighted by Gasteiger charge is 2.48. The summed E-state index contributed by atoms with van der Waals surface area (Å²) in [6.45, 7) is 0. The standard InChI is InChI=1S/C11H16O4/c12-10(13)8-6-2-1-3-7(5-4-6)9(8)11(14)15/h6-9H,1-5H2,(H,12,13)(H,14,15)/t6-,7-,8+,9+/m1/s1. The van der Waals surface area contributed by atoms with E-state index in [0.29, 0.717) is 0 Å². The molecule has 0 amide bonds. The van der Waals surface area contributed by atoms with Gasteiger partial charge in [-0.15, -0.1) is 0 Å². The molecule has 0 heterocycles. The van der Waals surface area contributed by atoms with Gasteiger partial charge >= 0.3 is 11.9 Å². The molecule has 0 aromatic carbocycles. The van der Waals surface area contributed by atoms with Gasteiger partial charge in [0, 0.05) is 0 Å². The predicted molar refractivity (Wildman–Crippen MR) is 52.3 cm³/mol. The Morgan fingerprint density at radius 3 is 1.53 bits per heavy atom. The fourth-order valence-electron chi connectivity index (χ4n) is 3.37. The molecule has 0 spiro atoms. The lowest BCUT2D eigenvalue weighted by Gasteiger charge is -2.35. The maximum Gasteiger partial charge on any atom is 0.307 e. The minimum absolute atomic E-state index is 0.0855. The number of rotatable bonds is 2. The molecule has 15 heavy (non-hydrogen) atoms. The molecule has 3 rings (SSSR count).